The Hall–Kier alpha value is -2.08. The predicted octanol–water partition coefficient (Wildman–Crippen LogP) is 1.08. The summed E-state index contributed by atoms with van der Waals surface area (Å²) in [6, 6.07) is 5.67. The molecule has 1 N–H and O–H groups in total. The zero-order chi connectivity index (χ0) is 14.5. The molecule has 1 heterocycles. The number of aliphatic carboxylic acids is 1. The number of carbonyl (C=O) groups excluding carboxylic acids is 1. The Balaban J connectivity index is 2.15. The van der Waals surface area contributed by atoms with E-state index in [2.05, 4.69) is 0 Å². The minimum absolute atomic E-state index is 0.246. The van der Waals surface area contributed by atoms with E-state index in [0.29, 0.717) is 12.3 Å². The van der Waals surface area contributed by atoms with Crippen LogP contribution >= 0.6 is 0 Å². The quantitative estimate of drug-likeness (QED) is 0.872. The van der Waals surface area contributed by atoms with Gasteiger partial charge in [-0.05, 0) is 24.5 Å². The zero-order valence-corrected chi connectivity index (χ0v) is 11.3. The third kappa shape index (κ3) is 3.08. The fourth-order valence-corrected chi connectivity index (χ4v) is 2.33. The molecule has 0 fully saturated rings. The van der Waals surface area contributed by atoms with E-state index < -0.39 is 12.6 Å². The van der Waals surface area contributed by atoms with Gasteiger partial charge in [-0.25, -0.2) is 4.79 Å². The highest BCUT2D eigenvalue weighted by molar-refractivity contribution is 5.97. The summed E-state index contributed by atoms with van der Waals surface area (Å²) in [5, 5.41) is 8.51. The number of amides is 1. The lowest BCUT2D eigenvalue weighted by atomic mass is 10.0. The molecule has 0 atom stereocenters. The molecule has 0 spiro atoms. The van der Waals surface area contributed by atoms with Crippen molar-refractivity contribution in [2.45, 2.75) is 12.8 Å². The summed E-state index contributed by atoms with van der Waals surface area (Å²) in [5.41, 5.74) is 1.83. The van der Waals surface area contributed by atoms with Gasteiger partial charge in [-0.3, -0.25) is 4.79 Å². The lowest BCUT2D eigenvalue weighted by molar-refractivity contribution is -0.143. The highest BCUT2D eigenvalue weighted by Gasteiger charge is 2.25. The number of nitrogens with zero attached hydrogens (tertiary/aromatic N) is 1. The summed E-state index contributed by atoms with van der Waals surface area (Å²) in [7, 11) is 1.56. The van der Waals surface area contributed by atoms with E-state index in [1.807, 2.05) is 18.2 Å². The van der Waals surface area contributed by atoms with E-state index >= 15 is 0 Å². The lowest BCUT2D eigenvalue weighted by Gasteiger charge is -2.30. The van der Waals surface area contributed by atoms with Crippen molar-refractivity contribution in [1.29, 1.82) is 0 Å². The molecule has 108 valence electrons. The molecule has 0 bridgehead atoms. The normalized spacial score (nSPS) is 13.8. The number of rotatable bonds is 5. The van der Waals surface area contributed by atoms with Crippen molar-refractivity contribution >= 4 is 17.6 Å². The van der Waals surface area contributed by atoms with Gasteiger partial charge < -0.3 is 19.5 Å². The molecule has 1 aliphatic rings. The number of hydrogen-bond donors (Lipinski definition) is 1. The number of carbonyl (C=O) groups is 2. The monoisotopic (exact) mass is 279 g/mol. The van der Waals surface area contributed by atoms with Gasteiger partial charge in [0, 0.05) is 6.54 Å². The SMILES string of the molecule is COc1cccc2c1N(C(=O)COCC(=O)O)CCC2. The Labute approximate surface area is 116 Å². The van der Waals surface area contributed by atoms with Crippen LogP contribution in [-0.2, 0) is 20.7 Å². The average Bonchev–Trinajstić information content (AvgIpc) is 2.45. The van der Waals surface area contributed by atoms with Crippen LogP contribution in [0.1, 0.15) is 12.0 Å². The van der Waals surface area contributed by atoms with Crippen LogP contribution < -0.4 is 9.64 Å². The Bertz CT molecular complexity index is 500. The van der Waals surface area contributed by atoms with Gasteiger partial charge in [-0.1, -0.05) is 12.1 Å². The molecular weight excluding hydrogens is 262 g/mol. The van der Waals surface area contributed by atoms with Crippen LogP contribution in [0.5, 0.6) is 5.75 Å². The first-order valence-corrected chi connectivity index (χ1v) is 6.39. The molecule has 6 heteroatoms. The molecule has 1 aromatic rings. The fourth-order valence-electron chi connectivity index (χ4n) is 2.33. The smallest absolute Gasteiger partial charge is 0.329 e. The second-order valence-corrected chi connectivity index (χ2v) is 4.50. The van der Waals surface area contributed by atoms with E-state index in [9.17, 15) is 9.59 Å². The maximum absolute atomic E-state index is 12.2. The number of aryl methyl sites for hydroxylation is 1. The number of anilines is 1. The van der Waals surface area contributed by atoms with Crippen LogP contribution in [0.2, 0.25) is 0 Å². The van der Waals surface area contributed by atoms with Gasteiger partial charge >= 0.3 is 5.97 Å². The number of para-hydroxylation sites is 1. The summed E-state index contributed by atoms with van der Waals surface area (Å²) in [6.45, 7) is -0.134. The molecule has 20 heavy (non-hydrogen) atoms. The van der Waals surface area contributed by atoms with Crippen molar-refractivity contribution < 1.29 is 24.2 Å². The van der Waals surface area contributed by atoms with Gasteiger partial charge in [0.2, 0.25) is 0 Å². The molecule has 0 aromatic heterocycles. The van der Waals surface area contributed by atoms with Crippen LogP contribution in [0.4, 0.5) is 5.69 Å². The van der Waals surface area contributed by atoms with Gasteiger partial charge in [0.05, 0.1) is 12.8 Å². The van der Waals surface area contributed by atoms with Crippen LogP contribution in [0.25, 0.3) is 0 Å². The average molecular weight is 279 g/mol. The Morgan fingerprint density at radius 1 is 1.35 bits per heavy atom. The molecule has 2 rings (SSSR count). The molecule has 0 aliphatic carbocycles. The van der Waals surface area contributed by atoms with Gasteiger partial charge in [-0.2, -0.15) is 0 Å². The summed E-state index contributed by atoms with van der Waals surface area (Å²) in [4.78, 5) is 24.2. The first-order valence-electron chi connectivity index (χ1n) is 6.39. The summed E-state index contributed by atoms with van der Waals surface area (Å²) in [5.74, 6) is -0.695. The van der Waals surface area contributed by atoms with Crippen molar-refractivity contribution in [3.63, 3.8) is 0 Å². The number of carboxylic acids is 1. The van der Waals surface area contributed by atoms with E-state index in [4.69, 9.17) is 14.6 Å². The predicted molar refractivity (Wildman–Crippen MR) is 72.1 cm³/mol. The molecule has 6 nitrogen and oxygen atoms in total. The molecular formula is C14H17NO5. The number of ether oxygens (including phenoxy) is 2. The topological polar surface area (TPSA) is 76.1 Å². The van der Waals surface area contributed by atoms with E-state index in [0.717, 1.165) is 24.1 Å². The summed E-state index contributed by atoms with van der Waals surface area (Å²) < 4.78 is 10.2. The van der Waals surface area contributed by atoms with Crippen LogP contribution in [0.3, 0.4) is 0 Å². The van der Waals surface area contributed by atoms with Gasteiger partial charge in [0.15, 0.2) is 0 Å². The highest BCUT2D eigenvalue weighted by Crippen LogP contribution is 2.36. The van der Waals surface area contributed by atoms with Gasteiger partial charge in [0.1, 0.15) is 19.0 Å². The maximum atomic E-state index is 12.2. The Morgan fingerprint density at radius 2 is 2.15 bits per heavy atom. The number of hydrogen-bond acceptors (Lipinski definition) is 4. The van der Waals surface area contributed by atoms with Gasteiger partial charge in [-0.15, -0.1) is 0 Å². The molecule has 0 radical (unpaired) electrons. The summed E-state index contributed by atoms with van der Waals surface area (Å²) in [6.07, 6.45) is 1.76. The van der Waals surface area contributed by atoms with Crippen molar-refractivity contribution in [3.05, 3.63) is 23.8 Å². The van der Waals surface area contributed by atoms with Crippen molar-refractivity contribution in [3.8, 4) is 5.75 Å². The second kappa shape index (κ2) is 6.38. The first kappa shape index (κ1) is 14.3. The maximum Gasteiger partial charge on any atom is 0.329 e. The lowest BCUT2D eigenvalue weighted by Crippen LogP contribution is -2.38. The first-order chi connectivity index (χ1) is 9.63. The standard InChI is InChI=1S/C14H17NO5/c1-19-11-6-2-4-10-5-3-7-15(14(10)11)12(16)8-20-9-13(17)18/h2,4,6H,3,5,7-9H2,1H3,(H,17,18). The molecule has 1 aromatic carbocycles. The van der Waals surface area contributed by atoms with E-state index in [-0.39, 0.29) is 12.5 Å². The van der Waals surface area contributed by atoms with Crippen molar-refractivity contribution in [2.75, 3.05) is 31.8 Å². The number of fused-ring (bicyclic) bond motifs is 1. The Kier molecular flexibility index (Phi) is 4.57. The van der Waals surface area contributed by atoms with Crippen LogP contribution in [0.15, 0.2) is 18.2 Å². The zero-order valence-electron chi connectivity index (χ0n) is 11.3. The van der Waals surface area contributed by atoms with Crippen molar-refractivity contribution in [1.82, 2.24) is 0 Å². The molecule has 1 aliphatic heterocycles. The molecule has 0 saturated heterocycles. The largest absolute Gasteiger partial charge is 0.495 e. The number of carboxylic acid groups (broad SMARTS) is 1. The molecule has 0 unspecified atom stereocenters. The second-order valence-electron chi connectivity index (χ2n) is 4.50. The van der Waals surface area contributed by atoms with E-state index in [1.165, 1.54) is 0 Å². The fraction of sp³-hybridized carbons (Fsp3) is 0.429. The minimum Gasteiger partial charge on any atom is -0.495 e. The minimum atomic E-state index is -1.09. The molecule has 0 saturated carbocycles. The van der Waals surface area contributed by atoms with Crippen LogP contribution in [-0.4, -0.2) is 43.9 Å². The van der Waals surface area contributed by atoms with Crippen LogP contribution in [0, 0.1) is 0 Å². The third-order valence-electron chi connectivity index (χ3n) is 3.15. The summed E-state index contributed by atoms with van der Waals surface area (Å²) >= 11 is 0. The number of methoxy groups -OCH3 is 1. The third-order valence-corrected chi connectivity index (χ3v) is 3.15. The van der Waals surface area contributed by atoms with E-state index in [1.54, 1.807) is 12.0 Å². The number of benzene rings is 1. The molecule has 1 amide bonds. The Morgan fingerprint density at radius 3 is 2.85 bits per heavy atom. The van der Waals surface area contributed by atoms with Crippen molar-refractivity contribution in [2.24, 2.45) is 0 Å². The highest BCUT2D eigenvalue weighted by atomic mass is 16.5. The van der Waals surface area contributed by atoms with Gasteiger partial charge in [0.25, 0.3) is 5.91 Å².